The summed E-state index contributed by atoms with van der Waals surface area (Å²) in [5.74, 6) is 0.211. The molecular formula is C25H20N4O5. The molecule has 0 aliphatic rings. The standard InChI is InChI=1S/C25H20N4O5/c1-13-10-17(15(3)33-13)21-11-18(23-14(2)29-34-24(23)28-21)25(31)32-12-22(30)27-20-8-4-7-19-16(20)6-5-9-26-19/h4-11H,12H2,1-3H3,(H,27,30). The zero-order valence-corrected chi connectivity index (χ0v) is 18.7. The van der Waals surface area contributed by atoms with E-state index in [4.69, 9.17) is 13.7 Å². The van der Waals surface area contributed by atoms with Crippen LogP contribution in [0, 0.1) is 20.8 Å². The van der Waals surface area contributed by atoms with Crippen LogP contribution >= 0.6 is 0 Å². The Hall–Kier alpha value is -4.53. The van der Waals surface area contributed by atoms with E-state index < -0.39 is 18.5 Å². The molecule has 1 amide bonds. The molecule has 0 saturated carbocycles. The highest BCUT2D eigenvalue weighted by Gasteiger charge is 2.22. The number of ether oxygens (including phenoxy) is 1. The Morgan fingerprint density at radius 2 is 1.94 bits per heavy atom. The van der Waals surface area contributed by atoms with Gasteiger partial charge >= 0.3 is 5.97 Å². The molecule has 9 nitrogen and oxygen atoms in total. The zero-order chi connectivity index (χ0) is 23.8. The Kier molecular flexibility index (Phi) is 5.29. The molecule has 170 valence electrons. The minimum Gasteiger partial charge on any atom is -0.466 e. The van der Waals surface area contributed by atoms with Crippen molar-refractivity contribution in [2.24, 2.45) is 0 Å². The number of esters is 1. The van der Waals surface area contributed by atoms with Gasteiger partial charge in [0.05, 0.1) is 33.5 Å². The van der Waals surface area contributed by atoms with Gasteiger partial charge in [0.25, 0.3) is 11.6 Å². The number of carbonyl (C=O) groups is 2. The first-order chi connectivity index (χ1) is 16.4. The van der Waals surface area contributed by atoms with Crippen molar-refractivity contribution in [3.63, 3.8) is 0 Å². The summed E-state index contributed by atoms with van der Waals surface area (Å²) in [6, 6.07) is 12.5. The van der Waals surface area contributed by atoms with Crippen LogP contribution in [0.1, 0.15) is 27.6 Å². The highest BCUT2D eigenvalue weighted by Crippen LogP contribution is 2.31. The number of hydrogen-bond donors (Lipinski definition) is 1. The summed E-state index contributed by atoms with van der Waals surface area (Å²) in [4.78, 5) is 34.3. The third-order valence-corrected chi connectivity index (χ3v) is 5.41. The maximum atomic E-state index is 13.0. The van der Waals surface area contributed by atoms with E-state index in [0.717, 1.165) is 16.5 Å². The second-order valence-electron chi connectivity index (χ2n) is 7.83. The van der Waals surface area contributed by atoms with Crippen molar-refractivity contribution < 1.29 is 23.3 Å². The molecule has 0 radical (unpaired) electrons. The number of rotatable bonds is 5. The molecule has 9 heteroatoms. The minimum absolute atomic E-state index is 0.202. The second kappa shape index (κ2) is 8.43. The lowest BCUT2D eigenvalue weighted by Crippen LogP contribution is -2.21. The number of anilines is 1. The van der Waals surface area contributed by atoms with Crippen molar-refractivity contribution in [2.45, 2.75) is 20.8 Å². The van der Waals surface area contributed by atoms with Gasteiger partial charge in [0, 0.05) is 17.1 Å². The summed E-state index contributed by atoms with van der Waals surface area (Å²) in [6.07, 6.45) is 1.68. The highest BCUT2D eigenvalue weighted by molar-refractivity contribution is 6.06. The van der Waals surface area contributed by atoms with E-state index in [0.29, 0.717) is 34.0 Å². The van der Waals surface area contributed by atoms with Gasteiger partial charge in [0.15, 0.2) is 6.61 Å². The van der Waals surface area contributed by atoms with Gasteiger partial charge < -0.3 is 19.0 Å². The maximum absolute atomic E-state index is 13.0. The van der Waals surface area contributed by atoms with Crippen LogP contribution in [0.5, 0.6) is 0 Å². The number of benzene rings is 1. The molecule has 34 heavy (non-hydrogen) atoms. The average molecular weight is 456 g/mol. The topological polar surface area (TPSA) is 120 Å². The fourth-order valence-electron chi connectivity index (χ4n) is 3.89. The Labute approximate surface area is 193 Å². The molecule has 0 aliphatic heterocycles. The third-order valence-electron chi connectivity index (χ3n) is 5.41. The van der Waals surface area contributed by atoms with E-state index in [1.165, 1.54) is 0 Å². The van der Waals surface area contributed by atoms with Crippen LogP contribution in [-0.2, 0) is 9.53 Å². The first-order valence-electron chi connectivity index (χ1n) is 10.6. The molecule has 0 bridgehead atoms. The van der Waals surface area contributed by atoms with E-state index in [-0.39, 0.29) is 11.3 Å². The van der Waals surface area contributed by atoms with Gasteiger partial charge in [-0.1, -0.05) is 11.2 Å². The molecule has 5 rings (SSSR count). The molecule has 0 spiro atoms. The van der Waals surface area contributed by atoms with Crippen LogP contribution in [-0.4, -0.2) is 33.6 Å². The number of pyridine rings is 2. The van der Waals surface area contributed by atoms with Gasteiger partial charge in [-0.05, 0) is 57.2 Å². The molecule has 4 heterocycles. The summed E-state index contributed by atoms with van der Waals surface area (Å²) in [6.45, 7) is 4.87. The van der Waals surface area contributed by atoms with Crippen LogP contribution < -0.4 is 5.32 Å². The molecule has 0 aliphatic carbocycles. The molecule has 0 fully saturated rings. The summed E-state index contributed by atoms with van der Waals surface area (Å²) >= 11 is 0. The van der Waals surface area contributed by atoms with Gasteiger partial charge in [-0.2, -0.15) is 0 Å². The predicted octanol–water partition coefficient (Wildman–Crippen LogP) is 4.75. The van der Waals surface area contributed by atoms with Crippen LogP contribution in [0.2, 0.25) is 0 Å². The fraction of sp³-hybridized carbons (Fsp3) is 0.160. The Bertz CT molecular complexity index is 1560. The van der Waals surface area contributed by atoms with Gasteiger partial charge in [0.2, 0.25) is 0 Å². The molecular weight excluding hydrogens is 436 g/mol. The number of aryl methyl sites for hydroxylation is 3. The molecule has 1 aromatic carbocycles. The number of fused-ring (bicyclic) bond motifs is 2. The number of nitrogens with zero attached hydrogens (tertiary/aromatic N) is 3. The number of carbonyl (C=O) groups excluding carboxylic acids is 2. The van der Waals surface area contributed by atoms with Crippen molar-refractivity contribution >= 4 is 39.6 Å². The monoisotopic (exact) mass is 456 g/mol. The highest BCUT2D eigenvalue weighted by atomic mass is 16.5. The summed E-state index contributed by atoms with van der Waals surface area (Å²) in [7, 11) is 0. The van der Waals surface area contributed by atoms with Gasteiger partial charge in [-0.3, -0.25) is 9.78 Å². The lowest BCUT2D eigenvalue weighted by molar-refractivity contribution is -0.119. The van der Waals surface area contributed by atoms with Crippen LogP contribution in [0.15, 0.2) is 57.6 Å². The number of hydrogen-bond acceptors (Lipinski definition) is 8. The van der Waals surface area contributed by atoms with E-state index in [9.17, 15) is 9.59 Å². The van der Waals surface area contributed by atoms with Crippen LogP contribution in [0.25, 0.3) is 33.3 Å². The molecule has 0 atom stereocenters. The van der Waals surface area contributed by atoms with Crippen LogP contribution in [0.4, 0.5) is 5.69 Å². The molecule has 0 unspecified atom stereocenters. The smallest absolute Gasteiger partial charge is 0.339 e. The largest absolute Gasteiger partial charge is 0.466 e. The van der Waals surface area contributed by atoms with Crippen molar-refractivity contribution in [3.05, 3.63) is 71.4 Å². The number of aromatic nitrogens is 3. The lowest BCUT2D eigenvalue weighted by atomic mass is 10.1. The summed E-state index contributed by atoms with van der Waals surface area (Å²) in [5, 5.41) is 7.92. The van der Waals surface area contributed by atoms with Crippen molar-refractivity contribution in [1.82, 2.24) is 15.1 Å². The number of nitrogens with one attached hydrogen (secondary N) is 1. The number of furan rings is 1. The SMILES string of the molecule is Cc1cc(-c2cc(C(=O)OCC(=O)Nc3cccc4ncccc34)c3c(C)noc3n2)c(C)o1. The predicted molar refractivity (Wildman–Crippen MR) is 124 cm³/mol. The van der Waals surface area contributed by atoms with Crippen molar-refractivity contribution in [3.8, 4) is 11.3 Å². The van der Waals surface area contributed by atoms with Crippen molar-refractivity contribution in [2.75, 3.05) is 11.9 Å². The first kappa shape index (κ1) is 21.3. The van der Waals surface area contributed by atoms with E-state index in [1.54, 1.807) is 37.4 Å². The summed E-state index contributed by atoms with van der Waals surface area (Å²) in [5.41, 5.74) is 3.45. The first-order valence-corrected chi connectivity index (χ1v) is 10.6. The van der Waals surface area contributed by atoms with Crippen molar-refractivity contribution in [1.29, 1.82) is 0 Å². The molecule has 0 saturated heterocycles. The Morgan fingerprint density at radius 1 is 1.09 bits per heavy atom. The summed E-state index contributed by atoms with van der Waals surface area (Å²) < 4.78 is 16.2. The average Bonchev–Trinajstić information content (AvgIpc) is 3.38. The van der Waals surface area contributed by atoms with Gasteiger partial charge in [0.1, 0.15) is 11.5 Å². The third kappa shape index (κ3) is 3.88. The molecule has 1 N–H and O–H groups in total. The fourth-order valence-corrected chi connectivity index (χ4v) is 3.89. The zero-order valence-electron chi connectivity index (χ0n) is 18.7. The van der Waals surface area contributed by atoms with E-state index in [2.05, 4.69) is 20.4 Å². The van der Waals surface area contributed by atoms with Crippen LogP contribution in [0.3, 0.4) is 0 Å². The van der Waals surface area contributed by atoms with E-state index >= 15 is 0 Å². The number of amides is 1. The Morgan fingerprint density at radius 3 is 2.74 bits per heavy atom. The van der Waals surface area contributed by atoms with Gasteiger partial charge in [-0.25, -0.2) is 9.78 Å². The lowest BCUT2D eigenvalue weighted by Gasteiger charge is -2.10. The second-order valence-corrected chi connectivity index (χ2v) is 7.83. The quantitative estimate of drug-likeness (QED) is 0.376. The molecule has 5 aromatic rings. The maximum Gasteiger partial charge on any atom is 0.339 e. The molecule has 4 aromatic heterocycles. The minimum atomic E-state index is -0.687. The Balaban J connectivity index is 1.39. The van der Waals surface area contributed by atoms with Gasteiger partial charge in [-0.15, -0.1) is 0 Å². The normalized spacial score (nSPS) is 11.1. The van der Waals surface area contributed by atoms with E-state index in [1.807, 2.05) is 32.0 Å².